The quantitative estimate of drug-likeness (QED) is 0.632. The topological polar surface area (TPSA) is 49.3 Å². The Morgan fingerprint density at radius 2 is 2.19 bits per heavy atom. The van der Waals surface area contributed by atoms with E-state index in [1.165, 1.54) is 0 Å². The summed E-state index contributed by atoms with van der Waals surface area (Å²) in [6, 6.07) is 3.13. The average Bonchev–Trinajstić information content (AvgIpc) is 2.19. The second kappa shape index (κ2) is 6.05. The molecule has 0 bridgehead atoms. The number of rotatable bonds is 3. The molecular formula is C10H10Cl2INO2. The maximum atomic E-state index is 11.7. The lowest BCUT2D eigenvalue weighted by molar-refractivity contribution is 0.0923. The molecular weight excluding hydrogens is 364 g/mol. The highest BCUT2D eigenvalue weighted by Crippen LogP contribution is 2.26. The van der Waals surface area contributed by atoms with Gasteiger partial charge in [-0.3, -0.25) is 4.79 Å². The highest BCUT2D eigenvalue weighted by atomic mass is 127. The van der Waals surface area contributed by atoms with Crippen LogP contribution in [0.4, 0.5) is 0 Å². The molecule has 88 valence electrons. The molecule has 0 spiro atoms. The first kappa shape index (κ1) is 14.0. The summed E-state index contributed by atoms with van der Waals surface area (Å²) < 4.78 is 0.645. The van der Waals surface area contributed by atoms with Gasteiger partial charge >= 0.3 is 0 Å². The predicted octanol–water partition coefficient (Wildman–Crippen LogP) is 2.71. The fourth-order valence-corrected chi connectivity index (χ4v) is 2.11. The summed E-state index contributed by atoms with van der Waals surface area (Å²) in [5.41, 5.74) is 0.416. The first-order valence-corrected chi connectivity index (χ1v) is 6.36. The summed E-state index contributed by atoms with van der Waals surface area (Å²) in [6.45, 7) is 1.79. The second-order valence-electron chi connectivity index (χ2n) is 3.31. The number of halogens is 3. The molecule has 0 aliphatic heterocycles. The third kappa shape index (κ3) is 3.76. The van der Waals surface area contributed by atoms with Crippen LogP contribution >= 0.6 is 45.8 Å². The summed E-state index contributed by atoms with van der Waals surface area (Å²) >= 11 is 13.7. The maximum Gasteiger partial charge on any atom is 0.252 e. The molecule has 6 heteroatoms. The minimum absolute atomic E-state index is 0.193. The van der Waals surface area contributed by atoms with Gasteiger partial charge in [0.2, 0.25) is 0 Å². The van der Waals surface area contributed by atoms with E-state index in [4.69, 9.17) is 28.3 Å². The summed E-state index contributed by atoms with van der Waals surface area (Å²) in [7, 11) is 0. The molecule has 1 aromatic carbocycles. The van der Waals surface area contributed by atoms with Crippen LogP contribution in [0.3, 0.4) is 0 Å². The Hall–Kier alpha value is -0.0400. The van der Waals surface area contributed by atoms with Gasteiger partial charge in [0.15, 0.2) is 0 Å². The largest absolute Gasteiger partial charge is 0.392 e. The summed E-state index contributed by atoms with van der Waals surface area (Å²) in [6.07, 6.45) is -0.587. The van der Waals surface area contributed by atoms with Crippen molar-refractivity contribution in [3.8, 4) is 0 Å². The molecule has 1 rings (SSSR count). The van der Waals surface area contributed by atoms with Gasteiger partial charge in [0.25, 0.3) is 5.91 Å². The molecule has 1 amide bonds. The van der Waals surface area contributed by atoms with Gasteiger partial charge in [-0.2, -0.15) is 0 Å². The van der Waals surface area contributed by atoms with Gasteiger partial charge in [-0.25, -0.2) is 0 Å². The lowest BCUT2D eigenvalue weighted by Gasteiger charge is -2.09. The lowest BCUT2D eigenvalue weighted by atomic mass is 10.2. The SMILES string of the molecule is C[C@H](O)CNC(=O)c1cc(Cl)cc(Cl)c1I. The molecule has 0 fully saturated rings. The van der Waals surface area contributed by atoms with Gasteiger partial charge in [-0.15, -0.1) is 0 Å². The first-order chi connectivity index (χ1) is 7.41. The molecule has 3 nitrogen and oxygen atoms in total. The predicted molar refractivity (Wildman–Crippen MR) is 73.2 cm³/mol. The van der Waals surface area contributed by atoms with Crippen molar-refractivity contribution in [3.63, 3.8) is 0 Å². The van der Waals surface area contributed by atoms with Crippen molar-refractivity contribution >= 4 is 51.7 Å². The molecule has 0 heterocycles. The Morgan fingerprint density at radius 3 is 2.75 bits per heavy atom. The Balaban J connectivity index is 2.91. The zero-order valence-electron chi connectivity index (χ0n) is 8.43. The van der Waals surface area contributed by atoms with Crippen molar-refractivity contribution in [3.05, 3.63) is 31.3 Å². The number of nitrogens with one attached hydrogen (secondary N) is 1. The summed E-state index contributed by atoms with van der Waals surface area (Å²) in [5, 5.41) is 12.5. The molecule has 0 aromatic heterocycles. The third-order valence-corrected chi connectivity index (χ3v) is 3.79. The fourth-order valence-electron chi connectivity index (χ4n) is 1.06. The van der Waals surface area contributed by atoms with Gasteiger partial charge in [-0.1, -0.05) is 23.2 Å². The van der Waals surface area contributed by atoms with Crippen molar-refractivity contribution in [2.24, 2.45) is 0 Å². The fraction of sp³-hybridized carbons (Fsp3) is 0.300. The molecule has 0 aliphatic carbocycles. The van der Waals surface area contributed by atoms with Crippen LogP contribution in [0.2, 0.25) is 10.0 Å². The van der Waals surface area contributed by atoms with Crippen LogP contribution < -0.4 is 5.32 Å². The summed E-state index contributed by atoms with van der Waals surface area (Å²) in [5.74, 6) is -0.297. The Bertz CT molecular complexity index is 410. The number of carbonyl (C=O) groups is 1. The Kier molecular flexibility index (Phi) is 5.30. The molecule has 1 aromatic rings. The van der Waals surface area contributed by atoms with Crippen LogP contribution in [0.25, 0.3) is 0 Å². The molecule has 16 heavy (non-hydrogen) atoms. The van der Waals surface area contributed by atoms with Crippen molar-refractivity contribution in [1.82, 2.24) is 5.32 Å². The highest BCUT2D eigenvalue weighted by Gasteiger charge is 2.14. The number of hydrogen-bond donors (Lipinski definition) is 2. The molecule has 0 aliphatic rings. The number of benzene rings is 1. The van der Waals surface area contributed by atoms with Gasteiger partial charge in [-0.05, 0) is 41.6 Å². The van der Waals surface area contributed by atoms with Gasteiger partial charge in [0.05, 0.1) is 16.7 Å². The maximum absolute atomic E-state index is 11.7. The number of hydrogen-bond acceptors (Lipinski definition) is 2. The van der Waals surface area contributed by atoms with Crippen molar-refractivity contribution < 1.29 is 9.90 Å². The third-order valence-electron chi connectivity index (χ3n) is 1.80. The smallest absolute Gasteiger partial charge is 0.252 e. The van der Waals surface area contributed by atoms with E-state index in [0.29, 0.717) is 19.2 Å². The Labute approximate surface area is 117 Å². The minimum Gasteiger partial charge on any atom is -0.392 e. The van der Waals surface area contributed by atoms with Crippen LogP contribution in [-0.4, -0.2) is 23.7 Å². The van der Waals surface area contributed by atoms with E-state index in [1.807, 2.05) is 22.6 Å². The number of aliphatic hydroxyl groups excluding tert-OH is 1. The first-order valence-electron chi connectivity index (χ1n) is 4.52. The van der Waals surface area contributed by atoms with Crippen LogP contribution in [0.15, 0.2) is 12.1 Å². The molecule has 0 saturated heterocycles. The lowest BCUT2D eigenvalue weighted by Crippen LogP contribution is -2.31. The highest BCUT2D eigenvalue weighted by molar-refractivity contribution is 14.1. The molecule has 0 saturated carbocycles. The van der Waals surface area contributed by atoms with E-state index in [1.54, 1.807) is 19.1 Å². The van der Waals surface area contributed by atoms with Crippen molar-refractivity contribution in [2.75, 3.05) is 6.54 Å². The van der Waals surface area contributed by atoms with Crippen molar-refractivity contribution in [1.29, 1.82) is 0 Å². The number of carbonyl (C=O) groups excluding carboxylic acids is 1. The van der Waals surface area contributed by atoms with E-state index >= 15 is 0 Å². The van der Waals surface area contributed by atoms with E-state index in [9.17, 15) is 4.79 Å². The normalized spacial score (nSPS) is 12.3. The monoisotopic (exact) mass is 373 g/mol. The van der Waals surface area contributed by atoms with E-state index in [0.717, 1.165) is 0 Å². The molecule has 1 atom stereocenters. The van der Waals surface area contributed by atoms with Gasteiger partial charge in [0.1, 0.15) is 0 Å². The summed E-state index contributed by atoms with van der Waals surface area (Å²) in [4.78, 5) is 11.7. The number of aliphatic hydroxyl groups is 1. The molecule has 0 unspecified atom stereocenters. The number of amides is 1. The van der Waals surface area contributed by atoms with Crippen LogP contribution in [-0.2, 0) is 0 Å². The minimum atomic E-state index is -0.587. The van der Waals surface area contributed by atoms with E-state index < -0.39 is 6.10 Å². The van der Waals surface area contributed by atoms with Crippen molar-refractivity contribution in [2.45, 2.75) is 13.0 Å². The van der Waals surface area contributed by atoms with Crippen LogP contribution in [0.5, 0.6) is 0 Å². The van der Waals surface area contributed by atoms with E-state index in [2.05, 4.69) is 5.32 Å². The zero-order chi connectivity index (χ0) is 12.3. The van der Waals surface area contributed by atoms with Crippen LogP contribution in [0, 0.1) is 3.57 Å². The molecule has 0 radical (unpaired) electrons. The second-order valence-corrected chi connectivity index (χ2v) is 5.23. The Morgan fingerprint density at radius 1 is 1.56 bits per heavy atom. The standard InChI is InChI=1S/C10H10Cl2INO2/c1-5(15)4-14-10(16)7-2-6(11)3-8(12)9(7)13/h2-3,5,15H,4H2,1H3,(H,14,16)/t5-/m0/s1. The van der Waals surface area contributed by atoms with Gasteiger partial charge in [0, 0.05) is 15.1 Å². The zero-order valence-corrected chi connectivity index (χ0v) is 12.1. The van der Waals surface area contributed by atoms with Gasteiger partial charge < -0.3 is 10.4 Å². The molecule has 2 N–H and O–H groups in total. The van der Waals surface area contributed by atoms with E-state index in [-0.39, 0.29) is 12.5 Å². The van der Waals surface area contributed by atoms with Crippen LogP contribution in [0.1, 0.15) is 17.3 Å². The average molecular weight is 374 g/mol.